The summed E-state index contributed by atoms with van der Waals surface area (Å²) in [5.41, 5.74) is -0.548. The average Bonchev–Trinajstić information content (AvgIpc) is 2.44. The molecule has 1 aliphatic rings. The van der Waals surface area contributed by atoms with Crippen LogP contribution in [0.15, 0.2) is 0 Å². The molecule has 0 spiro atoms. The van der Waals surface area contributed by atoms with Crippen LogP contribution in [0.25, 0.3) is 0 Å². The van der Waals surface area contributed by atoms with Gasteiger partial charge in [0.05, 0.1) is 5.25 Å². The molecule has 0 aromatic carbocycles. The lowest BCUT2D eigenvalue weighted by Crippen LogP contribution is -2.35. The van der Waals surface area contributed by atoms with E-state index in [0.717, 1.165) is 0 Å². The third-order valence-corrected chi connectivity index (χ3v) is 4.57. The summed E-state index contributed by atoms with van der Waals surface area (Å²) < 4.78 is 11.7. The van der Waals surface area contributed by atoms with E-state index in [0.29, 0.717) is 12.8 Å². The molecular formula is C10H16O4S. The number of ketones is 1. The molecule has 0 aromatic rings. The molecule has 0 saturated carbocycles. The standard InChI is InChI=1S/C10H16O4S/c1-10(2,3)8(11)6-4-5-7(9(12)13)15(6)14/h6-7H,4-5H2,1-3H3,(H,12,13). The fraction of sp³-hybridized carbons (Fsp3) is 0.800. The van der Waals surface area contributed by atoms with Crippen LogP contribution in [0.4, 0.5) is 0 Å². The van der Waals surface area contributed by atoms with E-state index in [1.807, 2.05) is 0 Å². The number of aliphatic carboxylic acids is 1. The van der Waals surface area contributed by atoms with Crippen LogP contribution in [0.5, 0.6) is 0 Å². The Bertz CT molecular complexity index is 316. The number of hydrogen-bond donors (Lipinski definition) is 1. The second-order valence-electron chi connectivity index (χ2n) is 4.84. The minimum Gasteiger partial charge on any atom is -0.480 e. The first-order chi connectivity index (χ1) is 6.75. The van der Waals surface area contributed by atoms with E-state index in [1.165, 1.54) is 0 Å². The third-order valence-electron chi connectivity index (χ3n) is 2.56. The van der Waals surface area contributed by atoms with Gasteiger partial charge < -0.3 is 5.11 Å². The summed E-state index contributed by atoms with van der Waals surface area (Å²) in [6.45, 7) is 5.29. The van der Waals surface area contributed by atoms with Gasteiger partial charge in [-0.3, -0.25) is 13.8 Å². The van der Waals surface area contributed by atoms with Crippen molar-refractivity contribution in [3.05, 3.63) is 0 Å². The maximum atomic E-state index is 11.9. The van der Waals surface area contributed by atoms with Gasteiger partial charge in [-0.2, -0.15) is 0 Å². The van der Waals surface area contributed by atoms with Gasteiger partial charge in [-0.05, 0) is 12.8 Å². The highest BCUT2D eigenvalue weighted by Gasteiger charge is 2.44. The number of Topliss-reactive ketones (excluding diaryl/α,β-unsaturated/α-hetero) is 1. The van der Waals surface area contributed by atoms with Crippen LogP contribution in [0, 0.1) is 5.41 Å². The predicted molar refractivity (Wildman–Crippen MR) is 57.1 cm³/mol. The highest BCUT2D eigenvalue weighted by molar-refractivity contribution is 7.88. The molecule has 15 heavy (non-hydrogen) atoms. The Morgan fingerprint density at radius 1 is 1.20 bits per heavy atom. The molecule has 1 heterocycles. The van der Waals surface area contributed by atoms with Crippen molar-refractivity contribution in [2.75, 3.05) is 0 Å². The Morgan fingerprint density at radius 3 is 2.00 bits per heavy atom. The molecule has 0 aliphatic carbocycles. The first-order valence-corrected chi connectivity index (χ1v) is 6.19. The van der Waals surface area contributed by atoms with Crippen molar-refractivity contribution in [2.24, 2.45) is 5.41 Å². The lowest BCUT2D eigenvalue weighted by atomic mass is 9.87. The molecule has 1 fully saturated rings. The topological polar surface area (TPSA) is 71.4 Å². The van der Waals surface area contributed by atoms with Gasteiger partial charge in [0.2, 0.25) is 0 Å². The van der Waals surface area contributed by atoms with Crippen molar-refractivity contribution in [2.45, 2.75) is 44.1 Å². The fourth-order valence-corrected chi connectivity index (χ4v) is 3.57. The van der Waals surface area contributed by atoms with E-state index in [4.69, 9.17) is 5.11 Å². The van der Waals surface area contributed by atoms with Gasteiger partial charge in [0, 0.05) is 16.2 Å². The number of rotatable bonds is 2. The monoisotopic (exact) mass is 232 g/mol. The fourth-order valence-electron chi connectivity index (χ4n) is 1.68. The Balaban J connectivity index is 2.81. The third kappa shape index (κ3) is 2.45. The summed E-state index contributed by atoms with van der Waals surface area (Å²) in [4.78, 5) is 22.6. The molecular weight excluding hydrogens is 216 g/mol. The summed E-state index contributed by atoms with van der Waals surface area (Å²) >= 11 is 0. The minimum absolute atomic E-state index is 0.0930. The van der Waals surface area contributed by atoms with Crippen molar-refractivity contribution in [1.82, 2.24) is 0 Å². The number of carboxylic acids is 1. The second kappa shape index (κ2) is 4.04. The summed E-state index contributed by atoms with van der Waals surface area (Å²) in [5.74, 6) is -1.15. The Kier molecular flexibility index (Phi) is 3.33. The SMILES string of the molecule is CC(C)(C)C(=O)C1CCC(C(=O)O)S1=O. The van der Waals surface area contributed by atoms with Crippen LogP contribution in [0.1, 0.15) is 33.6 Å². The zero-order valence-corrected chi connectivity index (χ0v) is 9.97. The molecule has 86 valence electrons. The minimum atomic E-state index is -1.55. The van der Waals surface area contributed by atoms with Crippen molar-refractivity contribution in [3.63, 3.8) is 0 Å². The average molecular weight is 232 g/mol. The first-order valence-electron chi connectivity index (χ1n) is 4.91. The van der Waals surface area contributed by atoms with Gasteiger partial charge >= 0.3 is 5.97 Å². The maximum Gasteiger partial charge on any atom is 0.319 e. The normalized spacial score (nSPS) is 31.5. The zero-order chi connectivity index (χ0) is 11.8. The molecule has 4 nitrogen and oxygen atoms in total. The van der Waals surface area contributed by atoms with Gasteiger partial charge in [0.15, 0.2) is 5.78 Å². The highest BCUT2D eigenvalue weighted by atomic mass is 32.2. The second-order valence-corrected chi connectivity index (χ2v) is 6.63. The largest absolute Gasteiger partial charge is 0.480 e. The van der Waals surface area contributed by atoms with Crippen LogP contribution in [-0.4, -0.2) is 31.6 Å². The van der Waals surface area contributed by atoms with Crippen LogP contribution in [0.2, 0.25) is 0 Å². The lowest BCUT2D eigenvalue weighted by Gasteiger charge is -2.20. The molecule has 1 saturated heterocycles. The molecule has 0 amide bonds. The number of carboxylic acid groups (broad SMARTS) is 1. The zero-order valence-electron chi connectivity index (χ0n) is 9.15. The van der Waals surface area contributed by atoms with Gasteiger partial charge in [-0.1, -0.05) is 20.8 Å². The highest BCUT2D eigenvalue weighted by Crippen LogP contribution is 2.30. The van der Waals surface area contributed by atoms with Crippen molar-refractivity contribution in [1.29, 1.82) is 0 Å². The van der Waals surface area contributed by atoms with E-state index in [1.54, 1.807) is 20.8 Å². The van der Waals surface area contributed by atoms with Crippen LogP contribution in [-0.2, 0) is 20.4 Å². The van der Waals surface area contributed by atoms with Crippen molar-refractivity contribution >= 4 is 22.6 Å². The first kappa shape index (κ1) is 12.4. The van der Waals surface area contributed by atoms with E-state index in [2.05, 4.69) is 0 Å². The smallest absolute Gasteiger partial charge is 0.319 e. The van der Waals surface area contributed by atoms with E-state index in [9.17, 15) is 13.8 Å². The Hall–Kier alpha value is -0.710. The van der Waals surface area contributed by atoms with Gasteiger partial charge in [-0.25, -0.2) is 0 Å². The molecule has 1 aliphatic heterocycles. The maximum absolute atomic E-state index is 11.9. The molecule has 5 heteroatoms. The molecule has 1 rings (SSSR count). The number of carbonyl (C=O) groups is 2. The van der Waals surface area contributed by atoms with Gasteiger partial charge in [0.1, 0.15) is 5.25 Å². The van der Waals surface area contributed by atoms with Crippen molar-refractivity contribution in [3.8, 4) is 0 Å². The molecule has 0 aromatic heterocycles. The van der Waals surface area contributed by atoms with Crippen molar-refractivity contribution < 1.29 is 18.9 Å². The van der Waals surface area contributed by atoms with Gasteiger partial charge in [-0.15, -0.1) is 0 Å². The lowest BCUT2D eigenvalue weighted by molar-refractivity contribution is -0.136. The van der Waals surface area contributed by atoms with Gasteiger partial charge in [0.25, 0.3) is 0 Å². The van der Waals surface area contributed by atoms with E-state index < -0.39 is 32.7 Å². The molecule has 3 unspecified atom stereocenters. The molecule has 0 bridgehead atoms. The quantitative estimate of drug-likeness (QED) is 0.770. The van der Waals surface area contributed by atoms with E-state index >= 15 is 0 Å². The Morgan fingerprint density at radius 2 is 1.67 bits per heavy atom. The van der Waals surface area contributed by atoms with E-state index in [-0.39, 0.29) is 5.78 Å². The predicted octanol–water partition coefficient (Wildman–Crippen LogP) is 0.966. The number of carbonyl (C=O) groups excluding carboxylic acids is 1. The Labute approximate surface area is 91.5 Å². The summed E-state index contributed by atoms with van der Waals surface area (Å²) in [6.07, 6.45) is 0.772. The summed E-state index contributed by atoms with van der Waals surface area (Å²) in [6, 6.07) is 0. The van der Waals surface area contributed by atoms with Crippen LogP contribution in [0.3, 0.4) is 0 Å². The molecule has 0 radical (unpaired) electrons. The molecule has 1 N–H and O–H groups in total. The molecule has 3 atom stereocenters. The van der Waals surface area contributed by atoms with Crippen LogP contribution < -0.4 is 0 Å². The van der Waals surface area contributed by atoms with Crippen LogP contribution >= 0.6 is 0 Å². The summed E-state index contributed by atoms with van der Waals surface area (Å²) in [7, 11) is -1.55. The summed E-state index contributed by atoms with van der Waals surface area (Å²) in [5, 5.41) is 7.33. The number of hydrogen-bond acceptors (Lipinski definition) is 3.